The Hall–Kier alpha value is -1.23. The minimum atomic E-state index is -3.27. The highest BCUT2D eigenvalue weighted by atomic mass is 32.2. The van der Waals surface area contributed by atoms with Crippen LogP contribution >= 0.6 is 0 Å². The molecule has 0 spiro atoms. The summed E-state index contributed by atoms with van der Waals surface area (Å²) in [6, 6.07) is 3.61. The second kappa shape index (κ2) is 4.80. The molecule has 0 aromatic heterocycles. The highest BCUT2D eigenvalue weighted by Gasteiger charge is 2.28. The van der Waals surface area contributed by atoms with Crippen LogP contribution in [-0.2, 0) is 10.0 Å². The number of hydrogen-bond acceptors (Lipinski definition) is 3. The molecule has 0 atom stereocenters. The first-order valence-corrected chi connectivity index (χ1v) is 7.83. The van der Waals surface area contributed by atoms with Crippen molar-refractivity contribution < 1.29 is 8.42 Å². The van der Waals surface area contributed by atoms with Crippen LogP contribution in [0.2, 0.25) is 0 Å². The van der Waals surface area contributed by atoms with Gasteiger partial charge in [-0.15, -0.1) is 0 Å². The van der Waals surface area contributed by atoms with E-state index in [9.17, 15) is 8.42 Å². The fraction of sp³-hybridized carbons (Fsp3) is 0.538. The third-order valence-corrected chi connectivity index (χ3v) is 5.46. The largest absolute Gasteiger partial charge is 0.398 e. The summed E-state index contributed by atoms with van der Waals surface area (Å²) < 4.78 is 27.1. The molecular formula is C13H20N2O2S. The standard InChI is InChI=1S/C13H20N2O2S/c1-9-7-10(2)13(8-12(9)14)15-18(16,17)11-5-3-4-6-11/h7-8,11,15H,3-6,14H2,1-2H3. The number of benzene rings is 1. The van der Waals surface area contributed by atoms with E-state index in [4.69, 9.17) is 5.73 Å². The van der Waals surface area contributed by atoms with E-state index in [0.29, 0.717) is 11.4 Å². The Labute approximate surface area is 109 Å². The SMILES string of the molecule is Cc1cc(C)c(NS(=O)(=O)C2CCCC2)cc1N. The number of anilines is 2. The molecule has 1 aromatic rings. The molecule has 1 aromatic carbocycles. The minimum Gasteiger partial charge on any atom is -0.398 e. The molecule has 1 aliphatic carbocycles. The molecule has 2 rings (SSSR count). The van der Waals surface area contributed by atoms with Crippen LogP contribution in [0.1, 0.15) is 36.8 Å². The normalized spacial score (nSPS) is 17.0. The number of nitrogens with two attached hydrogens (primary N) is 1. The summed E-state index contributed by atoms with van der Waals surface area (Å²) >= 11 is 0. The average molecular weight is 268 g/mol. The van der Waals surface area contributed by atoms with Crippen LogP contribution < -0.4 is 10.5 Å². The van der Waals surface area contributed by atoms with Gasteiger partial charge in [-0.25, -0.2) is 8.42 Å². The molecule has 1 saturated carbocycles. The van der Waals surface area contributed by atoms with Gasteiger partial charge in [-0.1, -0.05) is 18.9 Å². The van der Waals surface area contributed by atoms with E-state index in [0.717, 1.165) is 36.8 Å². The van der Waals surface area contributed by atoms with E-state index in [1.807, 2.05) is 19.9 Å². The lowest BCUT2D eigenvalue weighted by Crippen LogP contribution is -2.25. The molecule has 0 radical (unpaired) electrons. The number of nitrogens with one attached hydrogen (secondary N) is 1. The van der Waals surface area contributed by atoms with Crippen LogP contribution in [0.5, 0.6) is 0 Å². The van der Waals surface area contributed by atoms with Crippen LogP contribution in [0.3, 0.4) is 0 Å². The van der Waals surface area contributed by atoms with Gasteiger partial charge in [-0.2, -0.15) is 0 Å². The topological polar surface area (TPSA) is 72.2 Å². The first-order chi connectivity index (χ1) is 8.40. The van der Waals surface area contributed by atoms with E-state index < -0.39 is 10.0 Å². The molecule has 0 amide bonds. The molecule has 18 heavy (non-hydrogen) atoms. The zero-order valence-corrected chi connectivity index (χ0v) is 11.7. The Morgan fingerprint density at radius 2 is 1.78 bits per heavy atom. The number of aryl methyl sites for hydroxylation is 2. The van der Waals surface area contributed by atoms with Gasteiger partial charge in [0.25, 0.3) is 0 Å². The van der Waals surface area contributed by atoms with E-state index in [2.05, 4.69) is 4.72 Å². The lowest BCUT2D eigenvalue weighted by atomic mass is 10.1. The molecule has 4 nitrogen and oxygen atoms in total. The van der Waals surface area contributed by atoms with Crippen molar-refractivity contribution >= 4 is 21.4 Å². The third kappa shape index (κ3) is 2.61. The summed E-state index contributed by atoms with van der Waals surface area (Å²) in [6.45, 7) is 3.80. The first-order valence-electron chi connectivity index (χ1n) is 6.28. The molecule has 1 fully saturated rings. The predicted octanol–water partition coefficient (Wildman–Crippen LogP) is 2.57. The first kappa shape index (κ1) is 13.2. The molecule has 0 bridgehead atoms. The van der Waals surface area contributed by atoms with E-state index in [1.54, 1.807) is 6.07 Å². The fourth-order valence-electron chi connectivity index (χ4n) is 2.41. The molecule has 100 valence electrons. The van der Waals surface area contributed by atoms with Crippen molar-refractivity contribution in [3.63, 3.8) is 0 Å². The molecule has 0 aliphatic heterocycles. The summed E-state index contributed by atoms with van der Waals surface area (Å²) in [5, 5.41) is -0.251. The summed E-state index contributed by atoms with van der Waals surface area (Å²) in [5.74, 6) is 0. The van der Waals surface area contributed by atoms with Gasteiger partial charge in [0.05, 0.1) is 10.9 Å². The van der Waals surface area contributed by atoms with Crippen molar-refractivity contribution in [3.8, 4) is 0 Å². The molecule has 0 heterocycles. The Morgan fingerprint density at radius 3 is 2.39 bits per heavy atom. The quantitative estimate of drug-likeness (QED) is 0.828. The van der Waals surface area contributed by atoms with Crippen LogP contribution in [0, 0.1) is 13.8 Å². The van der Waals surface area contributed by atoms with Gasteiger partial charge in [-0.3, -0.25) is 4.72 Å². The van der Waals surface area contributed by atoms with Crippen molar-refractivity contribution in [3.05, 3.63) is 23.3 Å². The number of nitrogen functional groups attached to an aromatic ring is 1. The minimum absolute atomic E-state index is 0.251. The molecule has 3 N–H and O–H groups in total. The lowest BCUT2D eigenvalue weighted by Gasteiger charge is -2.16. The second-order valence-corrected chi connectivity index (χ2v) is 7.04. The Balaban J connectivity index is 2.26. The molecule has 0 unspecified atom stereocenters. The molecule has 5 heteroatoms. The van der Waals surface area contributed by atoms with Crippen molar-refractivity contribution in [1.82, 2.24) is 0 Å². The van der Waals surface area contributed by atoms with Crippen molar-refractivity contribution in [1.29, 1.82) is 0 Å². The van der Waals surface area contributed by atoms with E-state index in [1.165, 1.54) is 0 Å². The third-order valence-electron chi connectivity index (χ3n) is 3.61. The van der Waals surface area contributed by atoms with Crippen molar-refractivity contribution in [2.75, 3.05) is 10.5 Å². The van der Waals surface area contributed by atoms with Crippen LogP contribution in [0.15, 0.2) is 12.1 Å². The van der Waals surface area contributed by atoms with Gasteiger partial charge in [0.15, 0.2) is 0 Å². The van der Waals surface area contributed by atoms with Gasteiger partial charge in [0.1, 0.15) is 0 Å². The van der Waals surface area contributed by atoms with Crippen molar-refractivity contribution in [2.45, 2.75) is 44.8 Å². The highest BCUT2D eigenvalue weighted by molar-refractivity contribution is 7.93. The second-order valence-electron chi connectivity index (χ2n) is 5.08. The predicted molar refractivity (Wildman–Crippen MR) is 75.1 cm³/mol. The summed E-state index contributed by atoms with van der Waals surface area (Å²) in [7, 11) is -3.27. The number of hydrogen-bond donors (Lipinski definition) is 2. The molecule has 1 aliphatic rings. The van der Waals surface area contributed by atoms with Gasteiger partial charge in [0.2, 0.25) is 10.0 Å². The summed E-state index contributed by atoms with van der Waals surface area (Å²) in [4.78, 5) is 0. The maximum absolute atomic E-state index is 12.2. The lowest BCUT2D eigenvalue weighted by molar-refractivity contribution is 0.585. The van der Waals surface area contributed by atoms with Crippen molar-refractivity contribution in [2.24, 2.45) is 0 Å². The summed E-state index contributed by atoms with van der Waals surface area (Å²) in [5.41, 5.74) is 8.92. The van der Waals surface area contributed by atoms with Gasteiger partial charge < -0.3 is 5.73 Å². The Morgan fingerprint density at radius 1 is 1.17 bits per heavy atom. The Bertz CT molecular complexity index is 546. The number of sulfonamides is 1. The Kier molecular flexibility index (Phi) is 3.52. The average Bonchev–Trinajstić information content (AvgIpc) is 2.79. The zero-order valence-electron chi connectivity index (χ0n) is 10.9. The highest BCUT2D eigenvalue weighted by Crippen LogP contribution is 2.28. The molecular weight excluding hydrogens is 248 g/mol. The van der Waals surface area contributed by atoms with Crippen LogP contribution in [0.4, 0.5) is 11.4 Å². The van der Waals surface area contributed by atoms with Crippen LogP contribution in [-0.4, -0.2) is 13.7 Å². The maximum atomic E-state index is 12.2. The van der Waals surface area contributed by atoms with E-state index in [-0.39, 0.29) is 5.25 Å². The maximum Gasteiger partial charge on any atom is 0.235 e. The zero-order chi connectivity index (χ0) is 13.3. The van der Waals surface area contributed by atoms with Gasteiger partial charge >= 0.3 is 0 Å². The van der Waals surface area contributed by atoms with Gasteiger partial charge in [0, 0.05) is 5.69 Å². The van der Waals surface area contributed by atoms with Gasteiger partial charge in [-0.05, 0) is 43.9 Å². The monoisotopic (exact) mass is 268 g/mol. The molecule has 0 saturated heterocycles. The smallest absolute Gasteiger partial charge is 0.235 e. The fourth-order valence-corrected chi connectivity index (χ4v) is 4.06. The number of rotatable bonds is 3. The summed E-state index contributed by atoms with van der Waals surface area (Å²) in [6.07, 6.45) is 3.52. The van der Waals surface area contributed by atoms with E-state index >= 15 is 0 Å². The van der Waals surface area contributed by atoms with Crippen LogP contribution in [0.25, 0.3) is 0 Å².